The highest BCUT2D eigenvalue weighted by Crippen LogP contribution is 2.17. The number of unbranched alkanes of at least 4 members (excludes halogenated alkanes) is 2. The number of carboxylic acid groups (broad SMARTS) is 1. The number of fused-ring (bicyclic) bond motifs is 1. The van der Waals surface area contributed by atoms with Crippen LogP contribution < -0.4 is 26.6 Å². The predicted octanol–water partition coefficient (Wildman–Crippen LogP) is 6.69. The second-order valence-corrected chi connectivity index (χ2v) is 15.3. The number of amides is 4. The largest absolute Gasteiger partial charge is 0.480 e. The van der Waals surface area contributed by atoms with Crippen LogP contribution in [-0.2, 0) is 36.9 Å². The van der Waals surface area contributed by atoms with Crippen molar-refractivity contribution in [3.8, 4) is 0 Å². The molecule has 0 aliphatic rings. The van der Waals surface area contributed by atoms with Crippen molar-refractivity contribution in [1.82, 2.24) is 31.6 Å². The minimum atomic E-state index is -1.20. The number of aromatic amines is 1. The summed E-state index contributed by atoms with van der Waals surface area (Å²) in [4.78, 5) is 76.7. The Bertz CT molecular complexity index is 1700. The standard InChI is InChI=1S/C33H53N5O7S.C10H11N.C2H6/c1-5-10-26(39)11-6-7-13-29(40)34-19-9-8-12-28(33(44)45)37-30(41)22-36-32(43)27(18-20-46-4)38-31(42)25-16-14-24(15-17-25)21-35-23(2)3;1-2-8-7-11-10-6-4-3-5-9(8)10;1-2/h14-17,23,27-28,35H,5-13,18-22H2,1-4H3,(H,34,40)(H,36,43)(H,37,41)(H,38,42)(H,44,45);3-7,11H,2H2,1H3;1-2H3. The van der Waals surface area contributed by atoms with Gasteiger partial charge in [-0.25, -0.2) is 4.79 Å². The maximum absolute atomic E-state index is 12.9. The van der Waals surface area contributed by atoms with E-state index in [4.69, 9.17) is 0 Å². The van der Waals surface area contributed by atoms with Crippen molar-refractivity contribution in [1.29, 1.82) is 0 Å². The summed E-state index contributed by atoms with van der Waals surface area (Å²) < 4.78 is 0. The van der Waals surface area contributed by atoms with Gasteiger partial charge in [-0.3, -0.25) is 24.0 Å². The highest BCUT2D eigenvalue weighted by Gasteiger charge is 2.24. The van der Waals surface area contributed by atoms with Crippen LogP contribution >= 0.6 is 11.8 Å². The van der Waals surface area contributed by atoms with Crippen molar-refractivity contribution in [3.05, 3.63) is 71.4 Å². The molecular weight excluding hydrogens is 769 g/mol. The van der Waals surface area contributed by atoms with E-state index in [1.807, 2.05) is 53.0 Å². The molecule has 0 aliphatic heterocycles. The number of carbonyl (C=O) groups is 6. The molecular formula is C45H70N6O7S. The van der Waals surface area contributed by atoms with E-state index in [1.165, 1.54) is 28.2 Å². The van der Waals surface area contributed by atoms with Crippen LogP contribution in [-0.4, -0.2) is 88.7 Å². The van der Waals surface area contributed by atoms with Crippen LogP contribution in [0.2, 0.25) is 0 Å². The zero-order chi connectivity index (χ0) is 44.0. The molecule has 0 aliphatic carbocycles. The first kappa shape index (κ1) is 52.3. The number of hydrogen-bond acceptors (Lipinski definition) is 8. The van der Waals surface area contributed by atoms with Gasteiger partial charge in [-0.1, -0.05) is 71.9 Å². The number of para-hydroxylation sites is 1. The van der Waals surface area contributed by atoms with Gasteiger partial charge in [-0.05, 0) is 92.7 Å². The second kappa shape index (κ2) is 31.3. The number of ketones is 1. The lowest BCUT2D eigenvalue weighted by Gasteiger charge is -2.19. The van der Waals surface area contributed by atoms with E-state index in [2.05, 4.69) is 69.0 Å². The van der Waals surface area contributed by atoms with Crippen molar-refractivity contribution in [2.24, 2.45) is 0 Å². The molecule has 0 spiro atoms. The zero-order valence-electron chi connectivity index (χ0n) is 36.3. The van der Waals surface area contributed by atoms with Crippen LogP contribution in [0.3, 0.4) is 0 Å². The lowest BCUT2D eigenvalue weighted by atomic mass is 10.1. The summed E-state index contributed by atoms with van der Waals surface area (Å²) in [7, 11) is 0. The third-order valence-electron chi connectivity index (χ3n) is 9.16. The number of benzene rings is 2. The summed E-state index contributed by atoms with van der Waals surface area (Å²) in [6, 6.07) is 13.8. The number of hydrogen-bond donors (Lipinski definition) is 7. The zero-order valence-corrected chi connectivity index (χ0v) is 37.2. The van der Waals surface area contributed by atoms with Crippen LogP contribution in [0.25, 0.3) is 10.9 Å². The quantitative estimate of drug-likeness (QED) is 0.0431. The number of aromatic nitrogens is 1. The number of thioether (sulfide) groups is 1. The molecule has 0 saturated heterocycles. The molecule has 4 amide bonds. The maximum Gasteiger partial charge on any atom is 0.326 e. The Labute approximate surface area is 355 Å². The molecule has 13 nitrogen and oxygen atoms in total. The van der Waals surface area contributed by atoms with E-state index in [-0.39, 0.29) is 18.1 Å². The Hall–Kier alpha value is -4.69. The summed E-state index contributed by atoms with van der Waals surface area (Å²) in [6.07, 6.45) is 10.1. The van der Waals surface area contributed by atoms with Gasteiger partial charge >= 0.3 is 5.97 Å². The number of carboxylic acids is 1. The molecule has 2 unspecified atom stereocenters. The van der Waals surface area contributed by atoms with Gasteiger partial charge in [0.05, 0.1) is 6.54 Å². The number of nitrogens with one attached hydrogen (secondary N) is 6. The van der Waals surface area contributed by atoms with Crippen molar-refractivity contribution >= 4 is 58.0 Å². The number of aliphatic carboxylic acids is 1. The van der Waals surface area contributed by atoms with Gasteiger partial charge in [0.2, 0.25) is 17.7 Å². The molecule has 3 aromatic rings. The molecule has 3 rings (SSSR count). The van der Waals surface area contributed by atoms with Crippen molar-refractivity contribution in [2.75, 3.05) is 25.1 Å². The Morgan fingerprint density at radius 1 is 0.780 bits per heavy atom. The predicted molar refractivity (Wildman–Crippen MR) is 240 cm³/mol. The molecule has 1 aromatic heterocycles. The highest BCUT2D eigenvalue weighted by molar-refractivity contribution is 7.98. The molecule has 0 bridgehead atoms. The average molecular weight is 839 g/mol. The Morgan fingerprint density at radius 3 is 2.12 bits per heavy atom. The molecule has 7 N–H and O–H groups in total. The maximum atomic E-state index is 12.9. The topological polar surface area (TPSA) is 199 Å². The van der Waals surface area contributed by atoms with E-state index in [0.717, 1.165) is 18.4 Å². The number of aryl methyl sites for hydroxylation is 1. The normalized spacial score (nSPS) is 11.6. The number of rotatable bonds is 26. The molecule has 59 heavy (non-hydrogen) atoms. The second-order valence-electron chi connectivity index (χ2n) is 14.3. The summed E-state index contributed by atoms with van der Waals surface area (Å²) >= 11 is 1.52. The van der Waals surface area contributed by atoms with Gasteiger partial charge in [0.15, 0.2) is 0 Å². The lowest BCUT2D eigenvalue weighted by Crippen LogP contribution is -2.51. The van der Waals surface area contributed by atoms with Crippen molar-refractivity contribution < 1.29 is 33.9 Å². The molecule has 328 valence electrons. The molecule has 1 heterocycles. The first-order valence-electron chi connectivity index (χ1n) is 21.1. The molecule has 0 fully saturated rings. The molecule has 2 atom stereocenters. The average Bonchev–Trinajstić information content (AvgIpc) is 3.66. The molecule has 0 radical (unpaired) electrons. The third-order valence-corrected chi connectivity index (χ3v) is 9.80. The number of Topliss-reactive ketones (excluding diaryl/α,β-unsaturated/α-hetero) is 1. The smallest absolute Gasteiger partial charge is 0.326 e. The summed E-state index contributed by atoms with van der Waals surface area (Å²) in [5, 5.41) is 24.7. The summed E-state index contributed by atoms with van der Waals surface area (Å²) in [6.45, 7) is 12.8. The van der Waals surface area contributed by atoms with Crippen LogP contribution in [0.5, 0.6) is 0 Å². The van der Waals surface area contributed by atoms with E-state index in [0.29, 0.717) is 81.8 Å². The molecule has 2 aromatic carbocycles. The van der Waals surface area contributed by atoms with E-state index in [1.54, 1.807) is 12.1 Å². The SMILES string of the molecule is CC.CCCC(=O)CCCCC(=O)NCCCCC(NC(=O)CNC(=O)C(CCSC)NC(=O)c1ccc(CNC(C)C)cc1)C(=O)O.CCc1c[nH]c2ccccc12. The first-order valence-corrected chi connectivity index (χ1v) is 22.5. The Balaban J connectivity index is 0.00000112. The summed E-state index contributed by atoms with van der Waals surface area (Å²) in [5.41, 5.74) is 4.08. The van der Waals surface area contributed by atoms with Gasteiger partial charge in [0.25, 0.3) is 5.91 Å². The van der Waals surface area contributed by atoms with E-state index >= 15 is 0 Å². The van der Waals surface area contributed by atoms with Gasteiger partial charge < -0.3 is 36.7 Å². The Morgan fingerprint density at radius 2 is 1.47 bits per heavy atom. The van der Waals surface area contributed by atoms with Crippen LogP contribution in [0.15, 0.2) is 54.7 Å². The minimum absolute atomic E-state index is 0.110. The van der Waals surface area contributed by atoms with E-state index in [9.17, 15) is 33.9 Å². The van der Waals surface area contributed by atoms with E-state index < -0.39 is 42.3 Å². The monoisotopic (exact) mass is 839 g/mol. The fraction of sp³-hybridized carbons (Fsp3) is 0.556. The lowest BCUT2D eigenvalue weighted by molar-refractivity contribution is -0.142. The third kappa shape index (κ3) is 22.3. The minimum Gasteiger partial charge on any atom is -0.480 e. The van der Waals surface area contributed by atoms with Crippen LogP contribution in [0, 0.1) is 0 Å². The number of carbonyl (C=O) groups excluding carboxylic acids is 5. The van der Waals surface area contributed by atoms with Crippen LogP contribution in [0.1, 0.15) is 127 Å². The van der Waals surface area contributed by atoms with Gasteiger partial charge in [-0.2, -0.15) is 11.8 Å². The van der Waals surface area contributed by atoms with Crippen molar-refractivity contribution in [2.45, 2.75) is 137 Å². The first-order chi connectivity index (χ1) is 28.4. The fourth-order valence-electron chi connectivity index (χ4n) is 5.86. The van der Waals surface area contributed by atoms with Crippen molar-refractivity contribution in [3.63, 3.8) is 0 Å². The summed E-state index contributed by atoms with van der Waals surface area (Å²) in [5.74, 6) is -2.09. The van der Waals surface area contributed by atoms with Gasteiger partial charge in [0, 0.05) is 61.1 Å². The molecule has 14 heteroatoms. The highest BCUT2D eigenvalue weighted by atomic mass is 32.2. The van der Waals surface area contributed by atoms with Crippen LogP contribution in [0.4, 0.5) is 0 Å². The van der Waals surface area contributed by atoms with Gasteiger partial charge in [0.1, 0.15) is 17.9 Å². The molecule has 0 saturated carbocycles. The Kier molecular flexibility index (Phi) is 27.7. The van der Waals surface area contributed by atoms with Gasteiger partial charge in [-0.15, -0.1) is 0 Å². The fourth-order valence-corrected chi connectivity index (χ4v) is 6.33. The number of H-pyrrole nitrogens is 1.